The summed E-state index contributed by atoms with van der Waals surface area (Å²) in [6, 6.07) is 5.08. The molecule has 1 aromatic carbocycles. The highest BCUT2D eigenvalue weighted by Gasteiger charge is 2.03. The van der Waals surface area contributed by atoms with Gasteiger partial charge in [-0.25, -0.2) is 0 Å². The summed E-state index contributed by atoms with van der Waals surface area (Å²) in [6.07, 6.45) is 1.07. The minimum absolute atomic E-state index is 0.0807. The molecule has 0 unspecified atom stereocenters. The minimum Gasteiger partial charge on any atom is -0.506 e. The molecule has 0 aliphatic heterocycles. The van der Waals surface area contributed by atoms with E-state index in [-0.39, 0.29) is 17.3 Å². The predicted molar refractivity (Wildman–Crippen MR) is 58.8 cm³/mol. The fourth-order valence-electron chi connectivity index (χ4n) is 1.25. The van der Waals surface area contributed by atoms with E-state index in [2.05, 4.69) is 20.5 Å². The van der Waals surface area contributed by atoms with Gasteiger partial charge in [-0.1, -0.05) is 6.07 Å². The van der Waals surface area contributed by atoms with Crippen LogP contribution in [0.2, 0.25) is 0 Å². The van der Waals surface area contributed by atoms with Gasteiger partial charge in [0.15, 0.2) is 0 Å². The van der Waals surface area contributed by atoms with Crippen molar-refractivity contribution in [1.29, 1.82) is 0 Å². The van der Waals surface area contributed by atoms with Crippen molar-refractivity contribution < 1.29 is 5.11 Å². The lowest BCUT2D eigenvalue weighted by atomic mass is 10.2. The Bertz CT molecular complexity index is 565. The molecule has 0 fully saturated rings. The third kappa shape index (κ3) is 2.17. The summed E-state index contributed by atoms with van der Waals surface area (Å²) in [6.45, 7) is 1.89. The van der Waals surface area contributed by atoms with Gasteiger partial charge in [0.25, 0.3) is 5.56 Å². The van der Waals surface area contributed by atoms with E-state index in [4.69, 9.17) is 0 Å². The molecule has 0 saturated carbocycles. The van der Waals surface area contributed by atoms with Crippen LogP contribution in [0.25, 0.3) is 0 Å². The average molecular weight is 218 g/mol. The molecular formula is C10H10N4O2. The van der Waals surface area contributed by atoms with E-state index in [9.17, 15) is 9.90 Å². The zero-order valence-electron chi connectivity index (χ0n) is 8.56. The molecule has 0 amide bonds. The fraction of sp³-hybridized carbons (Fsp3) is 0.100. The highest BCUT2D eigenvalue weighted by molar-refractivity contribution is 5.62. The van der Waals surface area contributed by atoms with Gasteiger partial charge in [0.1, 0.15) is 11.9 Å². The molecule has 2 aromatic rings. The Morgan fingerprint density at radius 3 is 3.00 bits per heavy atom. The van der Waals surface area contributed by atoms with Crippen LogP contribution in [0.15, 0.2) is 29.2 Å². The zero-order chi connectivity index (χ0) is 11.5. The molecule has 0 aliphatic carbocycles. The molecule has 1 aromatic heterocycles. The van der Waals surface area contributed by atoms with E-state index in [1.165, 1.54) is 0 Å². The van der Waals surface area contributed by atoms with E-state index in [1.54, 1.807) is 18.2 Å². The Balaban J connectivity index is 2.33. The van der Waals surface area contributed by atoms with Crippen LogP contribution in [0.5, 0.6) is 5.75 Å². The topological polar surface area (TPSA) is 90.9 Å². The number of hydrogen-bond donors (Lipinski definition) is 3. The van der Waals surface area contributed by atoms with Crippen LogP contribution in [-0.4, -0.2) is 20.3 Å². The van der Waals surface area contributed by atoms with Gasteiger partial charge in [0.2, 0.25) is 5.95 Å². The van der Waals surface area contributed by atoms with Gasteiger partial charge >= 0.3 is 0 Å². The van der Waals surface area contributed by atoms with Crippen molar-refractivity contribution in [1.82, 2.24) is 15.2 Å². The first-order valence-corrected chi connectivity index (χ1v) is 4.64. The number of nitrogens with one attached hydrogen (secondary N) is 2. The molecule has 82 valence electrons. The molecule has 6 heteroatoms. The minimum atomic E-state index is -0.357. The number of aromatic nitrogens is 3. The first-order chi connectivity index (χ1) is 7.65. The SMILES string of the molecule is Cc1ccc(O)c(Nc2nncc(=O)[nH]2)c1. The first-order valence-electron chi connectivity index (χ1n) is 4.64. The number of phenols is 1. The van der Waals surface area contributed by atoms with Gasteiger partial charge in [-0.15, -0.1) is 10.2 Å². The number of aryl methyl sites for hydroxylation is 1. The van der Waals surface area contributed by atoms with E-state index < -0.39 is 0 Å². The number of rotatable bonds is 2. The largest absolute Gasteiger partial charge is 0.506 e. The van der Waals surface area contributed by atoms with E-state index in [0.717, 1.165) is 11.8 Å². The molecular weight excluding hydrogens is 208 g/mol. The highest BCUT2D eigenvalue weighted by Crippen LogP contribution is 2.25. The predicted octanol–water partition coefficient (Wildman–Crippen LogP) is 0.923. The molecule has 0 atom stereocenters. The lowest BCUT2D eigenvalue weighted by Gasteiger charge is -2.06. The molecule has 0 aliphatic rings. The van der Waals surface area contributed by atoms with Crippen LogP contribution in [0.3, 0.4) is 0 Å². The van der Waals surface area contributed by atoms with Crippen molar-refractivity contribution in [2.75, 3.05) is 5.32 Å². The summed E-state index contributed by atoms with van der Waals surface area (Å²) in [4.78, 5) is 13.4. The molecule has 3 N–H and O–H groups in total. The van der Waals surface area contributed by atoms with Crippen LogP contribution in [0, 0.1) is 6.92 Å². The molecule has 0 saturated heterocycles. The second-order valence-electron chi connectivity index (χ2n) is 3.33. The molecule has 0 radical (unpaired) electrons. The number of nitrogens with zero attached hydrogens (tertiary/aromatic N) is 2. The third-order valence-electron chi connectivity index (χ3n) is 1.98. The van der Waals surface area contributed by atoms with Crippen molar-refractivity contribution in [3.05, 3.63) is 40.3 Å². The van der Waals surface area contributed by atoms with Crippen molar-refractivity contribution in [2.45, 2.75) is 6.92 Å². The molecule has 0 bridgehead atoms. The molecule has 6 nitrogen and oxygen atoms in total. The Hall–Kier alpha value is -2.37. The maximum atomic E-state index is 11.0. The number of hydrogen-bond acceptors (Lipinski definition) is 5. The monoisotopic (exact) mass is 218 g/mol. The van der Waals surface area contributed by atoms with Crippen LogP contribution < -0.4 is 10.9 Å². The second-order valence-corrected chi connectivity index (χ2v) is 3.33. The van der Waals surface area contributed by atoms with E-state index in [1.807, 2.05) is 6.92 Å². The second kappa shape index (κ2) is 4.01. The number of H-pyrrole nitrogens is 1. The Kier molecular flexibility index (Phi) is 2.55. The number of aromatic amines is 1. The van der Waals surface area contributed by atoms with E-state index in [0.29, 0.717) is 5.69 Å². The number of benzene rings is 1. The first kappa shape index (κ1) is 10.2. The van der Waals surface area contributed by atoms with Crippen molar-refractivity contribution in [3.63, 3.8) is 0 Å². The number of aromatic hydroxyl groups is 1. The van der Waals surface area contributed by atoms with Crippen molar-refractivity contribution >= 4 is 11.6 Å². The normalized spacial score (nSPS) is 10.1. The Morgan fingerprint density at radius 1 is 1.44 bits per heavy atom. The summed E-state index contributed by atoms with van der Waals surface area (Å²) in [5, 5.41) is 19.5. The molecule has 1 heterocycles. The van der Waals surface area contributed by atoms with Crippen LogP contribution in [-0.2, 0) is 0 Å². The molecule has 16 heavy (non-hydrogen) atoms. The van der Waals surface area contributed by atoms with Gasteiger partial charge in [-0.3, -0.25) is 9.78 Å². The van der Waals surface area contributed by atoms with Gasteiger partial charge in [-0.2, -0.15) is 0 Å². The summed E-state index contributed by atoms with van der Waals surface area (Å²) in [5.41, 5.74) is 1.09. The summed E-state index contributed by atoms with van der Waals surface area (Å²) in [5.74, 6) is 0.269. The van der Waals surface area contributed by atoms with Gasteiger partial charge in [0.05, 0.1) is 5.69 Å². The zero-order valence-corrected chi connectivity index (χ0v) is 8.56. The number of anilines is 2. The maximum Gasteiger partial charge on any atom is 0.271 e. The highest BCUT2D eigenvalue weighted by atomic mass is 16.3. The smallest absolute Gasteiger partial charge is 0.271 e. The van der Waals surface area contributed by atoms with Gasteiger partial charge in [0, 0.05) is 0 Å². The lowest BCUT2D eigenvalue weighted by molar-refractivity contribution is 0.477. The molecule has 2 rings (SSSR count). The number of phenolic OH excluding ortho intramolecular Hbond substituents is 1. The van der Waals surface area contributed by atoms with Crippen molar-refractivity contribution in [2.24, 2.45) is 0 Å². The van der Waals surface area contributed by atoms with Crippen LogP contribution >= 0.6 is 0 Å². The quantitative estimate of drug-likeness (QED) is 0.652. The fourth-order valence-corrected chi connectivity index (χ4v) is 1.25. The van der Waals surface area contributed by atoms with E-state index >= 15 is 0 Å². The van der Waals surface area contributed by atoms with Crippen molar-refractivity contribution in [3.8, 4) is 5.75 Å². The Labute approximate surface area is 91.0 Å². The summed E-state index contributed by atoms with van der Waals surface area (Å²) >= 11 is 0. The lowest BCUT2D eigenvalue weighted by Crippen LogP contribution is -2.10. The maximum absolute atomic E-state index is 11.0. The summed E-state index contributed by atoms with van der Waals surface area (Å²) < 4.78 is 0. The third-order valence-corrected chi connectivity index (χ3v) is 1.98. The summed E-state index contributed by atoms with van der Waals surface area (Å²) in [7, 11) is 0. The standard InChI is InChI=1S/C10H10N4O2/c1-6-2-3-8(15)7(4-6)12-10-13-9(16)5-11-14-10/h2-5,15H,1H3,(H2,12,13,14,16). The average Bonchev–Trinajstić information content (AvgIpc) is 2.24. The van der Waals surface area contributed by atoms with Crippen LogP contribution in [0.1, 0.15) is 5.56 Å². The van der Waals surface area contributed by atoms with Crippen LogP contribution in [0.4, 0.5) is 11.6 Å². The van der Waals surface area contributed by atoms with Gasteiger partial charge < -0.3 is 10.4 Å². The van der Waals surface area contributed by atoms with Gasteiger partial charge in [-0.05, 0) is 24.6 Å². The molecule has 0 spiro atoms. The Morgan fingerprint density at radius 2 is 2.25 bits per heavy atom.